The maximum atomic E-state index is 14.0. The lowest BCUT2D eigenvalue weighted by Crippen LogP contribution is -2.47. The van der Waals surface area contributed by atoms with Crippen LogP contribution in [0.4, 0.5) is 14.5 Å². The fourth-order valence-electron chi connectivity index (χ4n) is 3.11. The van der Waals surface area contributed by atoms with Crippen molar-refractivity contribution in [1.29, 1.82) is 0 Å². The molecule has 1 saturated heterocycles. The summed E-state index contributed by atoms with van der Waals surface area (Å²) in [5, 5.41) is 4.07. The molecular weight excluding hydrogens is 394 g/mol. The van der Waals surface area contributed by atoms with Gasteiger partial charge in [-0.3, -0.25) is 9.69 Å². The second-order valence-corrected chi connectivity index (χ2v) is 6.93. The van der Waals surface area contributed by atoms with Crippen LogP contribution >= 0.6 is 15.9 Å². The van der Waals surface area contributed by atoms with Crippen molar-refractivity contribution in [2.24, 2.45) is 7.05 Å². The second-order valence-electron chi connectivity index (χ2n) is 6.14. The quantitative estimate of drug-likeness (QED) is 0.776. The van der Waals surface area contributed by atoms with Gasteiger partial charge in [-0.1, -0.05) is 6.07 Å². The van der Waals surface area contributed by atoms with Crippen LogP contribution < -0.4 is 10.5 Å². The highest BCUT2D eigenvalue weighted by Crippen LogP contribution is 2.27. The molecule has 1 aliphatic rings. The van der Waals surface area contributed by atoms with Gasteiger partial charge in [-0.15, -0.1) is 0 Å². The minimum absolute atomic E-state index is 0.145. The molecule has 134 valence electrons. The van der Waals surface area contributed by atoms with Gasteiger partial charge in [0, 0.05) is 50.9 Å². The van der Waals surface area contributed by atoms with Crippen molar-refractivity contribution in [1.82, 2.24) is 14.7 Å². The molecule has 1 atom stereocenters. The average molecular weight is 413 g/mol. The first-order valence-corrected chi connectivity index (χ1v) is 8.83. The summed E-state index contributed by atoms with van der Waals surface area (Å²) in [6.45, 7) is 4.72. The normalized spacial score (nSPS) is 16.9. The molecule has 25 heavy (non-hydrogen) atoms. The molecule has 8 heteroatoms. The number of rotatable bonds is 3. The highest BCUT2D eigenvalue weighted by atomic mass is 79.9. The molecule has 1 aromatic carbocycles. The molecule has 1 aliphatic heterocycles. The van der Waals surface area contributed by atoms with Crippen molar-refractivity contribution in [2.45, 2.75) is 13.0 Å². The Morgan fingerprint density at radius 1 is 1.20 bits per heavy atom. The Labute approximate surface area is 153 Å². The summed E-state index contributed by atoms with van der Waals surface area (Å²) < 4.78 is 28.9. The molecule has 1 unspecified atom stereocenters. The van der Waals surface area contributed by atoms with Gasteiger partial charge >= 0.3 is 0 Å². The van der Waals surface area contributed by atoms with Crippen LogP contribution in [0, 0.1) is 11.6 Å². The fraction of sp³-hybridized carbons (Fsp3) is 0.412. The number of aryl methyl sites for hydroxylation is 1. The number of hydrogen-bond donors (Lipinski definition) is 0. The van der Waals surface area contributed by atoms with Gasteiger partial charge in [0.2, 0.25) is 0 Å². The minimum atomic E-state index is -0.568. The van der Waals surface area contributed by atoms with Gasteiger partial charge in [-0.05, 0) is 28.9 Å². The molecule has 0 bridgehead atoms. The highest BCUT2D eigenvalue weighted by molar-refractivity contribution is 9.10. The first kappa shape index (κ1) is 18.0. The van der Waals surface area contributed by atoms with Crippen molar-refractivity contribution in [3.05, 3.63) is 56.4 Å². The SMILES string of the molecule is CC(c1ccc(F)cc1F)N1CCN(c2cnn(C)c(=O)c2Br)CC1. The summed E-state index contributed by atoms with van der Waals surface area (Å²) in [6.07, 6.45) is 1.67. The molecule has 0 spiro atoms. The molecule has 2 heterocycles. The summed E-state index contributed by atoms with van der Waals surface area (Å²) in [5.74, 6) is -1.09. The summed E-state index contributed by atoms with van der Waals surface area (Å²) >= 11 is 3.35. The van der Waals surface area contributed by atoms with Crippen molar-refractivity contribution in [2.75, 3.05) is 31.1 Å². The van der Waals surface area contributed by atoms with E-state index in [0.717, 1.165) is 11.8 Å². The summed E-state index contributed by atoms with van der Waals surface area (Å²) in [4.78, 5) is 16.2. The summed E-state index contributed by atoms with van der Waals surface area (Å²) in [7, 11) is 1.60. The smallest absolute Gasteiger partial charge is 0.282 e. The Balaban J connectivity index is 1.71. The van der Waals surface area contributed by atoms with Crippen molar-refractivity contribution < 1.29 is 8.78 Å². The lowest BCUT2D eigenvalue weighted by molar-refractivity contribution is 0.195. The topological polar surface area (TPSA) is 41.4 Å². The Morgan fingerprint density at radius 2 is 1.88 bits per heavy atom. The fourth-order valence-corrected chi connectivity index (χ4v) is 3.72. The first-order chi connectivity index (χ1) is 11.9. The van der Waals surface area contributed by atoms with E-state index < -0.39 is 11.6 Å². The Bertz CT molecular complexity index is 834. The molecule has 5 nitrogen and oxygen atoms in total. The molecule has 2 aromatic rings. The van der Waals surface area contributed by atoms with Gasteiger partial charge in [0.05, 0.1) is 11.9 Å². The molecule has 0 amide bonds. The van der Waals surface area contributed by atoms with Crippen LogP contribution in [0.1, 0.15) is 18.5 Å². The molecule has 0 aliphatic carbocycles. The number of hydrogen-bond acceptors (Lipinski definition) is 4. The lowest BCUT2D eigenvalue weighted by Gasteiger charge is -2.39. The molecule has 0 radical (unpaired) electrons. The lowest BCUT2D eigenvalue weighted by atomic mass is 10.1. The summed E-state index contributed by atoms with van der Waals surface area (Å²) in [6, 6.07) is 3.56. The van der Waals surface area contributed by atoms with E-state index in [1.165, 1.54) is 16.8 Å². The highest BCUT2D eigenvalue weighted by Gasteiger charge is 2.25. The maximum Gasteiger partial charge on any atom is 0.282 e. The molecule has 1 aromatic heterocycles. The van der Waals surface area contributed by atoms with E-state index in [4.69, 9.17) is 0 Å². The Hall–Kier alpha value is -1.80. The van der Waals surface area contributed by atoms with Crippen LogP contribution in [-0.2, 0) is 7.05 Å². The maximum absolute atomic E-state index is 14.0. The number of halogens is 3. The average Bonchev–Trinajstić information content (AvgIpc) is 2.60. The second kappa shape index (κ2) is 7.21. The van der Waals surface area contributed by atoms with E-state index >= 15 is 0 Å². The minimum Gasteiger partial charge on any atom is -0.367 e. The van der Waals surface area contributed by atoms with Crippen LogP contribution in [0.2, 0.25) is 0 Å². The van der Waals surface area contributed by atoms with Crippen LogP contribution in [0.25, 0.3) is 0 Å². The van der Waals surface area contributed by atoms with Crippen molar-refractivity contribution >= 4 is 21.6 Å². The first-order valence-electron chi connectivity index (χ1n) is 8.04. The predicted octanol–water partition coefficient (Wildman–Crippen LogP) is 2.70. The predicted molar refractivity (Wildman–Crippen MR) is 95.7 cm³/mol. The van der Waals surface area contributed by atoms with E-state index in [2.05, 4.69) is 30.8 Å². The molecular formula is C17H19BrF2N4O. The summed E-state index contributed by atoms with van der Waals surface area (Å²) in [5.41, 5.74) is 1.08. The van der Waals surface area contributed by atoms with E-state index in [1.807, 2.05) is 6.92 Å². The third-order valence-electron chi connectivity index (χ3n) is 4.68. The van der Waals surface area contributed by atoms with Gasteiger partial charge in [0.15, 0.2) is 0 Å². The van der Waals surface area contributed by atoms with Crippen LogP contribution in [0.5, 0.6) is 0 Å². The zero-order chi connectivity index (χ0) is 18.1. The van der Waals surface area contributed by atoms with Crippen LogP contribution in [0.3, 0.4) is 0 Å². The molecule has 3 rings (SSSR count). The van der Waals surface area contributed by atoms with Gasteiger partial charge in [0.1, 0.15) is 16.1 Å². The van der Waals surface area contributed by atoms with Crippen LogP contribution in [0.15, 0.2) is 33.7 Å². The number of piperazine rings is 1. The number of nitrogens with zero attached hydrogens (tertiary/aromatic N) is 4. The van der Waals surface area contributed by atoms with Crippen LogP contribution in [-0.4, -0.2) is 40.9 Å². The van der Waals surface area contributed by atoms with Gasteiger partial charge in [-0.2, -0.15) is 5.10 Å². The van der Waals surface area contributed by atoms with Gasteiger partial charge < -0.3 is 4.90 Å². The number of anilines is 1. The van der Waals surface area contributed by atoms with Gasteiger partial charge in [0.25, 0.3) is 5.56 Å². The Kier molecular flexibility index (Phi) is 5.19. The number of aromatic nitrogens is 2. The zero-order valence-electron chi connectivity index (χ0n) is 14.0. The molecule has 0 saturated carbocycles. The van der Waals surface area contributed by atoms with Crippen molar-refractivity contribution in [3.63, 3.8) is 0 Å². The third kappa shape index (κ3) is 3.59. The Morgan fingerprint density at radius 3 is 2.52 bits per heavy atom. The van der Waals surface area contributed by atoms with Crippen molar-refractivity contribution in [3.8, 4) is 0 Å². The van der Waals surface area contributed by atoms with E-state index in [1.54, 1.807) is 13.2 Å². The third-order valence-corrected chi connectivity index (χ3v) is 5.42. The molecule has 0 N–H and O–H groups in total. The zero-order valence-corrected chi connectivity index (χ0v) is 15.6. The molecule has 1 fully saturated rings. The van der Waals surface area contributed by atoms with Gasteiger partial charge in [-0.25, -0.2) is 13.5 Å². The van der Waals surface area contributed by atoms with E-state index in [9.17, 15) is 13.6 Å². The van der Waals surface area contributed by atoms with E-state index in [0.29, 0.717) is 36.2 Å². The largest absolute Gasteiger partial charge is 0.367 e. The van der Waals surface area contributed by atoms with E-state index in [-0.39, 0.29) is 11.6 Å². The standard InChI is InChI=1S/C17H19BrF2N4O/c1-11(13-4-3-12(19)9-14(13)20)23-5-7-24(8-6-23)15-10-21-22(2)17(25)16(15)18/h3-4,9-11H,5-8H2,1-2H3. The monoisotopic (exact) mass is 412 g/mol. The number of benzene rings is 1.